The Bertz CT molecular complexity index is 901. The average molecular weight is 422 g/mol. The first-order chi connectivity index (χ1) is 14.3. The van der Waals surface area contributed by atoms with Gasteiger partial charge in [0, 0.05) is 43.0 Å². The number of fused-ring (bicyclic) bond motifs is 1. The third-order valence-corrected chi connectivity index (χ3v) is 4.52. The molecule has 10 heteroatoms. The fourth-order valence-electron chi connectivity index (χ4n) is 3.12. The minimum Gasteiger partial charge on any atom is -0.478 e. The first kappa shape index (κ1) is 23.0. The van der Waals surface area contributed by atoms with Crippen molar-refractivity contribution in [3.8, 4) is 0 Å². The van der Waals surface area contributed by atoms with Gasteiger partial charge in [0.15, 0.2) is 5.58 Å². The van der Waals surface area contributed by atoms with Crippen molar-refractivity contribution in [3.63, 3.8) is 0 Å². The van der Waals surface area contributed by atoms with Gasteiger partial charge in [-0.05, 0) is 38.1 Å². The van der Waals surface area contributed by atoms with Gasteiger partial charge in [0.2, 0.25) is 0 Å². The second-order valence-corrected chi connectivity index (χ2v) is 6.67. The number of carbonyl (C=O) groups is 3. The van der Waals surface area contributed by atoms with Crippen LogP contribution in [0.5, 0.6) is 0 Å². The van der Waals surface area contributed by atoms with Crippen molar-refractivity contribution in [2.45, 2.75) is 25.7 Å². The zero-order valence-electron chi connectivity index (χ0n) is 16.4. The number of rotatable bonds is 6. The molecule has 1 aromatic heterocycles. The number of aliphatic carboxylic acids is 2. The normalized spacial score (nSPS) is 15.0. The van der Waals surface area contributed by atoms with Crippen molar-refractivity contribution in [3.05, 3.63) is 41.9 Å². The molecule has 0 amide bonds. The fourth-order valence-corrected chi connectivity index (χ4v) is 3.12. The Morgan fingerprint density at radius 3 is 2.43 bits per heavy atom. The maximum absolute atomic E-state index is 13.2. The summed E-state index contributed by atoms with van der Waals surface area (Å²) in [6.45, 7) is 4.48. The molecule has 1 aliphatic rings. The van der Waals surface area contributed by atoms with Crippen LogP contribution in [0.3, 0.4) is 0 Å². The summed E-state index contributed by atoms with van der Waals surface area (Å²) in [5, 5.41) is 20.7. The highest BCUT2D eigenvalue weighted by molar-refractivity contribution is 5.89. The number of benzene rings is 1. The molecular weight excluding hydrogens is 399 g/mol. The lowest BCUT2D eigenvalue weighted by atomic mass is 9.91. The van der Waals surface area contributed by atoms with Crippen LogP contribution in [0.2, 0.25) is 0 Å². The Hall–Kier alpha value is -3.27. The molecule has 3 rings (SSSR count). The summed E-state index contributed by atoms with van der Waals surface area (Å²) in [6, 6.07) is 4.56. The molecule has 162 valence electrons. The molecule has 0 bridgehead atoms. The summed E-state index contributed by atoms with van der Waals surface area (Å²) in [5.41, 5.74) is 1.43. The molecule has 1 aromatic carbocycles. The van der Waals surface area contributed by atoms with E-state index in [2.05, 4.69) is 10.1 Å². The van der Waals surface area contributed by atoms with Gasteiger partial charge in [0.25, 0.3) is 0 Å². The van der Waals surface area contributed by atoms with Crippen molar-refractivity contribution in [2.24, 2.45) is 0 Å². The number of piperidine rings is 1. The lowest BCUT2D eigenvalue weighted by molar-refractivity contribution is -0.141. The Balaban J connectivity index is 0.000000343. The zero-order chi connectivity index (χ0) is 22.1. The molecule has 0 atom stereocenters. The minimum absolute atomic E-state index is 0.240. The first-order valence-corrected chi connectivity index (χ1v) is 9.30. The number of likely N-dealkylation sites (tertiary alicyclic amines) is 1. The molecule has 0 spiro atoms. The number of carboxylic acid groups (broad SMARTS) is 2. The van der Waals surface area contributed by atoms with Crippen molar-refractivity contribution in [1.82, 2.24) is 10.1 Å². The van der Waals surface area contributed by atoms with E-state index in [0.717, 1.165) is 43.6 Å². The Kier molecular flexibility index (Phi) is 8.48. The van der Waals surface area contributed by atoms with Crippen LogP contribution < -0.4 is 0 Å². The summed E-state index contributed by atoms with van der Waals surface area (Å²) in [4.78, 5) is 32.1. The van der Waals surface area contributed by atoms with Crippen molar-refractivity contribution in [2.75, 3.05) is 26.2 Å². The number of carbonyl (C=O) groups excluding carboxylic acids is 1. The van der Waals surface area contributed by atoms with Gasteiger partial charge >= 0.3 is 17.9 Å². The van der Waals surface area contributed by atoms with E-state index in [4.69, 9.17) is 19.5 Å². The van der Waals surface area contributed by atoms with E-state index in [1.807, 2.05) is 0 Å². The van der Waals surface area contributed by atoms with Crippen LogP contribution in [0.1, 0.15) is 31.4 Å². The monoisotopic (exact) mass is 422 g/mol. The third-order valence-electron chi connectivity index (χ3n) is 4.52. The lowest BCUT2D eigenvalue weighted by Crippen LogP contribution is -2.35. The van der Waals surface area contributed by atoms with Crippen LogP contribution in [-0.4, -0.2) is 64.4 Å². The van der Waals surface area contributed by atoms with Crippen molar-refractivity contribution < 1.29 is 38.2 Å². The quantitative estimate of drug-likeness (QED) is 0.532. The van der Waals surface area contributed by atoms with E-state index in [0.29, 0.717) is 30.3 Å². The van der Waals surface area contributed by atoms with Crippen LogP contribution in [-0.2, 0) is 19.1 Å². The van der Waals surface area contributed by atoms with Gasteiger partial charge in [-0.1, -0.05) is 5.16 Å². The molecule has 9 nitrogen and oxygen atoms in total. The fraction of sp³-hybridized carbons (Fsp3) is 0.400. The highest BCUT2D eigenvalue weighted by atomic mass is 19.1. The maximum atomic E-state index is 13.2. The lowest BCUT2D eigenvalue weighted by Gasteiger charge is -2.30. The predicted molar refractivity (Wildman–Crippen MR) is 103 cm³/mol. The van der Waals surface area contributed by atoms with Gasteiger partial charge in [-0.3, -0.25) is 9.69 Å². The standard InChI is InChI=1S/C16H19FN2O3.C4H4O4/c1-11(20)21-9-8-19-6-4-12(5-7-19)16-14-3-2-13(17)10-15(14)22-18-16;5-3(6)1-2-4(7)8/h2-3,10,12H,4-9H2,1H3;1-2H,(H,5,6)(H,7,8). The van der Waals surface area contributed by atoms with Gasteiger partial charge in [0.05, 0.1) is 5.69 Å². The molecule has 0 radical (unpaired) electrons. The van der Waals surface area contributed by atoms with Crippen molar-refractivity contribution >= 4 is 28.9 Å². The van der Waals surface area contributed by atoms with E-state index in [1.165, 1.54) is 19.1 Å². The number of nitrogens with zero attached hydrogens (tertiary/aromatic N) is 2. The second-order valence-electron chi connectivity index (χ2n) is 6.67. The summed E-state index contributed by atoms with van der Waals surface area (Å²) in [7, 11) is 0. The topological polar surface area (TPSA) is 130 Å². The molecular formula is C20H23FN2O7. The maximum Gasteiger partial charge on any atom is 0.328 e. The summed E-state index contributed by atoms with van der Waals surface area (Å²) < 4.78 is 23.4. The number of aromatic nitrogens is 1. The predicted octanol–water partition coefficient (Wildman–Crippen LogP) is 2.42. The van der Waals surface area contributed by atoms with Gasteiger partial charge in [-0.25, -0.2) is 14.0 Å². The first-order valence-electron chi connectivity index (χ1n) is 9.30. The molecule has 2 heterocycles. The number of carboxylic acids is 2. The highest BCUT2D eigenvalue weighted by Crippen LogP contribution is 2.32. The van der Waals surface area contributed by atoms with E-state index < -0.39 is 11.9 Å². The number of hydrogen-bond donors (Lipinski definition) is 2. The minimum atomic E-state index is -1.26. The number of hydrogen-bond acceptors (Lipinski definition) is 7. The molecule has 2 aromatic rings. The van der Waals surface area contributed by atoms with E-state index in [-0.39, 0.29) is 11.8 Å². The van der Waals surface area contributed by atoms with Crippen LogP contribution in [0, 0.1) is 5.82 Å². The molecule has 1 saturated heterocycles. The SMILES string of the molecule is CC(=O)OCCN1CCC(c2noc3cc(F)ccc23)CC1.O=C(O)C=CC(=O)O. The smallest absolute Gasteiger partial charge is 0.328 e. The molecule has 0 unspecified atom stereocenters. The van der Waals surface area contributed by atoms with E-state index in [1.54, 1.807) is 6.07 Å². The second kappa shape index (κ2) is 11.1. The molecule has 1 aliphatic heterocycles. The number of ether oxygens (including phenoxy) is 1. The Morgan fingerprint density at radius 2 is 1.87 bits per heavy atom. The van der Waals surface area contributed by atoms with E-state index >= 15 is 0 Å². The largest absolute Gasteiger partial charge is 0.478 e. The van der Waals surface area contributed by atoms with Gasteiger partial charge < -0.3 is 19.5 Å². The molecule has 0 aliphatic carbocycles. The molecule has 1 fully saturated rings. The molecule has 30 heavy (non-hydrogen) atoms. The van der Waals surface area contributed by atoms with Crippen LogP contribution >= 0.6 is 0 Å². The summed E-state index contributed by atoms with van der Waals surface area (Å²) in [5.74, 6) is -2.73. The van der Waals surface area contributed by atoms with Crippen LogP contribution in [0.4, 0.5) is 4.39 Å². The number of esters is 1. The van der Waals surface area contributed by atoms with E-state index in [9.17, 15) is 18.8 Å². The highest BCUT2D eigenvalue weighted by Gasteiger charge is 2.25. The Labute approximate surface area is 171 Å². The van der Waals surface area contributed by atoms with Gasteiger partial charge in [0.1, 0.15) is 12.4 Å². The average Bonchev–Trinajstić information content (AvgIpc) is 3.10. The van der Waals surface area contributed by atoms with Gasteiger partial charge in [-0.15, -0.1) is 0 Å². The van der Waals surface area contributed by atoms with Crippen molar-refractivity contribution in [1.29, 1.82) is 0 Å². The number of halogens is 1. The Morgan fingerprint density at radius 1 is 1.23 bits per heavy atom. The third kappa shape index (κ3) is 7.28. The van der Waals surface area contributed by atoms with Crippen LogP contribution in [0.15, 0.2) is 34.9 Å². The zero-order valence-corrected chi connectivity index (χ0v) is 16.4. The summed E-state index contributed by atoms with van der Waals surface area (Å²) >= 11 is 0. The summed E-state index contributed by atoms with van der Waals surface area (Å²) in [6.07, 6.45) is 3.06. The van der Waals surface area contributed by atoms with Gasteiger partial charge in [-0.2, -0.15) is 0 Å². The van der Waals surface area contributed by atoms with Crippen LogP contribution in [0.25, 0.3) is 11.0 Å². The molecule has 0 saturated carbocycles. The molecule has 2 N–H and O–H groups in total.